The van der Waals surface area contributed by atoms with E-state index in [9.17, 15) is 0 Å². The molecule has 2 heterocycles. The van der Waals surface area contributed by atoms with Crippen molar-refractivity contribution in [3.8, 4) is 0 Å². The van der Waals surface area contributed by atoms with E-state index in [0.29, 0.717) is 0 Å². The first kappa shape index (κ1) is 7.24. The molecule has 0 saturated heterocycles. The van der Waals surface area contributed by atoms with Gasteiger partial charge in [-0.25, -0.2) is 9.66 Å². The lowest BCUT2D eigenvalue weighted by Crippen LogP contribution is -1.85. The van der Waals surface area contributed by atoms with E-state index >= 15 is 0 Å². The van der Waals surface area contributed by atoms with Gasteiger partial charge >= 0.3 is 0 Å². The molecule has 60 valence electrons. The van der Waals surface area contributed by atoms with Crippen LogP contribution >= 0.6 is 11.3 Å². The van der Waals surface area contributed by atoms with E-state index in [1.54, 1.807) is 27.7 Å². The van der Waals surface area contributed by atoms with Crippen molar-refractivity contribution in [1.29, 1.82) is 0 Å². The van der Waals surface area contributed by atoms with Gasteiger partial charge in [-0.3, -0.25) is 0 Å². The minimum atomic E-state index is 0.897. The highest BCUT2D eigenvalue weighted by atomic mass is 32.1. The minimum Gasteiger partial charge on any atom is -0.248 e. The predicted octanol–water partition coefficient (Wildman–Crippen LogP) is 1.83. The SMILES string of the molecule is C(=N\n1cccc1)/c1cscn1. The zero-order valence-corrected chi connectivity index (χ0v) is 7.11. The van der Waals surface area contributed by atoms with Crippen LogP contribution in [0.2, 0.25) is 0 Å². The molecule has 0 amide bonds. The van der Waals surface area contributed by atoms with Gasteiger partial charge in [-0.1, -0.05) is 0 Å². The number of hydrogen-bond donors (Lipinski definition) is 0. The van der Waals surface area contributed by atoms with Crippen molar-refractivity contribution in [3.63, 3.8) is 0 Å². The van der Waals surface area contributed by atoms with Crippen molar-refractivity contribution in [1.82, 2.24) is 9.66 Å². The molecule has 0 spiro atoms. The molecule has 0 fully saturated rings. The fourth-order valence-corrected chi connectivity index (χ4v) is 1.32. The summed E-state index contributed by atoms with van der Waals surface area (Å²) in [6.07, 6.45) is 5.49. The summed E-state index contributed by atoms with van der Waals surface area (Å²) in [6.45, 7) is 0. The molecule has 12 heavy (non-hydrogen) atoms. The lowest BCUT2D eigenvalue weighted by atomic mass is 10.6. The molecule has 0 unspecified atom stereocenters. The van der Waals surface area contributed by atoms with Crippen LogP contribution in [0, 0.1) is 0 Å². The number of hydrogen-bond acceptors (Lipinski definition) is 3. The van der Waals surface area contributed by atoms with Gasteiger partial charge in [0.05, 0.1) is 17.4 Å². The van der Waals surface area contributed by atoms with E-state index in [1.165, 1.54) is 0 Å². The van der Waals surface area contributed by atoms with Gasteiger partial charge in [0.1, 0.15) is 0 Å². The quantitative estimate of drug-likeness (QED) is 0.643. The first-order valence-electron chi connectivity index (χ1n) is 3.51. The summed E-state index contributed by atoms with van der Waals surface area (Å²) in [4.78, 5) is 4.07. The Labute approximate surface area is 74.0 Å². The summed E-state index contributed by atoms with van der Waals surface area (Å²) in [6, 6.07) is 3.86. The third-order valence-corrected chi connectivity index (χ3v) is 1.97. The van der Waals surface area contributed by atoms with Gasteiger partial charge in [0.2, 0.25) is 0 Å². The van der Waals surface area contributed by atoms with Crippen LogP contribution in [0.5, 0.6) is 0 Å². The maximum absolute atomic E-state index is 4.14. The molecule has 0 atom stereocenters. The third kappa shape index (κ3) is 1.60. The van der Waals surface area contributed by atoms with E-state index in [1.807, 2.05) is 29.9 Å². The van der Waals surface area contributed by atoms with Crippen LogP contribution in [0.25, 0.3) is 0 Å². The zero-order chi connectivity index (χ0) is 8.23. The predicted molar refractivity (Wildman–Crippen MR) is 49.5 cm³/mol. The topological polar surface area (TPSA) is 30.2 Å². The molecule has 2 aromatic rings. The average Bonchev–Trinajstić information content (AvgIpc) is 2.74. The summed E-state index contributed by atoms with van der Waals surface area (Å²) >= 11 is 1.57. The van der Waals surface area contributed by atoms with Crippen LogP contribution in [0.3, 0.4) is 0 Å². The normalized spacial score (nSPS) is 11.0. The van der Waals surface area contributed by atoms with Crippen molar-refractivity contribution in [2.24, 2.45) is 5.10 Å². The fraction of sp³-hybridized carbons (Fsp3) is 0. The molecule has 0 aliphatic rings. The second-order valence-corrected chi connectivity index (χ2v) is 2.94. The smallest absolute Gasteiger partial charge is 0.0939 e. The van der Waals surface area contributed by atoms with Crippen molar-refractivity contribution >= 4 is 17.6 Å². The number of rotatable bonds is 2. The monoisotopic (exact) mass is 177 g/mol. The molecule has 2 rings (SSSR count). The number of aromatic nitrogens is 2. The second-order valence-electron chi connectivity index (χ2n) is 2.22. The Morgan fingerprint density at radius 1 is 1.42 bits per heavy atom. The Bertz CT molecular complexity index is 311. The first-order valence-corrected chi connectivity index (χ1v) is 4.45. The highest BCUT2D eigenvalue weighted by molar-refractivity contribution is 7.07. The Morgan fingerprint density at radius 3 is 2.92 bits per heavy atom. The molecule has 3 nitrogen and oxygen atoms in total. The van der Waals surface area contributed by atoms with E-state index in [0.717, 1.165) is 5.69 Å². The summed E-state index contributed by atoms with van der Waals surface area (Å²) in [5.41, 5.74) is 2.69. The fourth-order valence-electron chi connectivity index (χ4n) is 0.814. The third-order valence-electron chi connectivity index (χ3n) is 1.36. The molecule has 0 radical (unpaired) electrons. The molecule has 4 heteroatoms. The molecule has 0 N–H and O–H groups in total. The van der Waals surface area contributed by atoms with Crippen LogP contribution in [0.1, 0.15) is 5.69 Å². The molecule has 0 bridgehead atoms. The molecule has 0 aromatic carbocycles. The lowest BCUT2D eigenvalue weighted by Gasteiger charge is -1.88. The van der Waals surface area contributed by atoms with Gasteiger partial charge in [-0.2, -0.15) is 5.10 Å². The summed E-state index contributed by atoms with van der Waals surface area (Å²) in [5.74, 6) is 0. The van der Waals surface area contributed by atoms with Crippen molar-refractivity contribution in [2.75, 3.05) is 0 Å². The highest BCUT2D eigenvalue weighted by Gasteiger charge is 1.87. The molecule has 0 aliphatic carbocycles. The lowest BCUT2D eigenvalue weighted by molar-refractivity contribution is 0.894. The second kappa shape index (κ2) is 3.32. The van der Waals surface area contributed by atoms with Gasteiger partial charge in [0.25, 0.3) is 0 Å². The van der Waals surface area contributed by atoms with Crippen LogP contribution < -0.4 is 0 Å². The Balaban J connectivity index is 2.14. The number of nitrogens with zero attached hydrogens (tertiary/aromatic N) is 3. The van der Waals surface area contributed by atoms with Gasteiger partial charge in [0, 0.05) is 17.8 Å². The van der Waals surface area contributed by atoms with Crippen molar-refractivity contribution in [3.05, 3.63) is 41.1 Å². The van der Waals surface area contributed by atoms with E-state index < -0.39 is 0 Å². The molecule has 0 saturated carbocycles. The average molecular weight is 177 g/mol. The maximum Gasteiger partial charge on any atom is 0.0939 e. The Morgan fingerprint density at radius 2 is 2.25 bits per heavy atom. The van der Waals surface area contributed by atoms with E-state index in [2.05, 4.69) is 10.1 Å². The van der Waals surface area contributed by atoms with Crippen molar-refractivity contribution < 1.29 is 0 Å². The summed E-state index contributed by atoms with van der Waals surface area (Å²) in [5, 5.41) is 6.10. The highest BCUT2D eigenvalue weighted by Crippen LogP contribution is 1.97. The van der Waals surface area contributed by atoms with Crippen LogP contribution in [0.15, 0.2) is 40.5 Å². The largest absolute Gasteiger partial charge is 0.248 e. The van der Waals surface area contributed by atoms with Crippen LogP contribution in [-0.4, -0.2) is 15.9 Å². The standard InChI is InChI=1S/C8H7N3S/c1-2-4-11(3-1)10-5-8-6-12-7-9-8/h1-7H/b10-5+. The Kier molecular flexibility index (Phi) is 2.00. The van der Waals surface area contributed by atoms with E-state index in [4.69, 9.17) is 0 Å². The minimum absolute atomic E-state index is 0.897. The van der Waals surface area contributed by atoms with Gasteiger partial charge in [-0.05, 0) is 12.1 Å². The van der Waals surface area contributed by atoms with Gasteiger partial charge in [-0.15, -0.1) is 11.3 Å². The van der Waals surface area contributed by atoms with Crippen LogP contribution in [-0.2, 0) is 0 Å². The molecule has 2 aromatic heterocycles. The summed E-state index contributed by atoms with van der Waals surface area (Å²) < 4.78 is 1.74. The number of thiazole rings is 1. The molecular weight excluding hydrogens is 170 g/mol. The molecule has 0 aliphatic heterocycles. The first-order chi connectivity index (χ1) is 5.95. The van der Waals surface area contributed by atoms with E-state index in [-0.39, 0.29) is 0 Å². The van der Waals surface area contributed by atoms with Crippen LogP contribution in [0.4, 0.5) is 0 Å². The summed E-state index contributed by atoms with van der Waals surface area (Å²) in [7, 11) is 0. The van der Waals surface area contributed by atoms with Crippen molar-refractivity contribution in [2.45, 2.75) is 0 Å². The maximum atomic E-state index is 4.14. The van der Waals surface area contributed by atoms with Gasteiger partial charge < -0.3 is 0 Å². The zero-order valence-electron chi connectivity index (χ0n) is 6.29. The van der Waals surface area contributed by atoms with Gasteiger partial charge in [0.15, 0.2) is 0 Å². The Hall–Kier alpha value is -1.42. The molecular formula is C8H7N3S.